The van der Waals surface area contributed by atoms with Gasteiger partial charge < -0.3 is 0 Å². The summed E-state index contributed by atoms with van der Waals surface area (Å²) in [6.07, 6.45) is 3.45. The van der Waals surface area contributed by atoms with Crippen LogP contribution in [-0.2, 0) is 6.54 Å². The largest absolute Gasteiger partial charge is 0.299 e. The Bertz CT molecular complexity index is 462. The van der Waals surface area contributed by atoms with Crippen molar-refractivity contribution in [3.63, 3.8) is 0 Å². The van der Waals surface area contributed by atoms with E-state index < -0.39 is 11.6 Å². The summed E-state index contributed by atoms with van der Waals surface area (Å²) >= 11 is 3.13. The molecule has 0 saturated carbocycles. The zero-order chi connectivity index (χ0) is 14.7. The Kier molecular flexibility index (Phi) is 5.56. The predicted molar refractivity (Wildman–Crippen MR) is 81.5 cm³/mol. The second kappa shape index (κ2) is 6.99. The second-order valence-electron chi connectivity index (χ2n) is 6.03. The monoisotopic (exact) mass is 345 g/mol. The highest BCUT2D eigenvalue weighted by molar-refractivity contribution is 9.10. The summed E-state index contributed by atoms with van der Waals surface area (Å²) < 4.78 is 28.2. The molecular formula is C16H22BrF2N. The first kappa shape index (κ1) is 15.9. The van der Waals surface area contributed by atoms with Gasteiger partial charge in [0.25, 0.3) is 0 Å². The molecule has 20 heavy (non-hydrogen) atoms. The van der Waals surface area contributed by atoms with E-state index in [1.165, 1.54) is 18.6 Å². The molecule has 1 heterocycles. The van der Waals surface area contributed by atoms with Gasteiger partial charge >= 0.3 is 0 Å². The van der Waals surface area contributed by atoms with Crippen LogP contribution in [0.2, 0.25) is 0 Å². The summed E-state index contributed by atoms with van der Waals surface area (Å²) in [4.78, 5) is 2.18. The second-order valence-corrected chi connectivity index (χ2v) is 6.89. The Balaban J connectivity index is 2.06. The van der Waals surface area contributed by atoms with E-state index in [0.717, 1.165) is 31.8 Å². The van der Waals surface area contributed by atoms with Crippen LogP contribution in [0.1, 0.15) is 38.7 Å². The summed E-state index contributed by atoms with van der Waals surface area (Å²) in [5.41, 5.74) is 0.183. The minimum Gasteiger partial charge on any atom is -0.299 e. The van der Waals surface area contributed by atoms with Crippen molar-refractivity contribution in [2.24, 2.45) is 11.8 Å². The molecule has 1 aliphatic heterocycles. The molecular weight excluding hydrogens is 324 g/mol. The molecule has 0 bridgehead atoms. The molecule has 0 spiro atoms. The maximum atomic E-state index is 14.0. The maximum absolute atomic E-state index is 14.0. The normalized spacial score (nSPS) is 21.2. The van der Waals surface area contributed by atoms with Gasteiger partial charge in [-0.2, -0.15) is 0 Å². The summed E-state index contributed by atoms with van der Waals surface area (Å²) in [7, 11) is 0. The Labute approximate surface area is 128 Å². The van der Waals surface area contributed by atoms with Crippen LogP contribution in [0.4, 0.5) is 8.78 Å². The zero-order valence-electron chi connectivity index (χ0n) is 12.1. The van der Waals surface area contributed by atoms with Gasteiger partial charge in [-0.1, -0.05) is 13.8 Å². The molecule has 4 heteroatoms. The molecule has 1 fully saturated rings. The highest BCUT2D eigenvalue weighted by atomic mass is 79.9. The van der Waals surface area contributed by atoms with Crippen LogP contribution in [0, 0.1) is 23.5 Å². The zero-order valence-corrected chi connectivity index (χ0v) is 13.7. The summed E-state index contributed by atoms with van der Waals surface area (Å²) in [5, 5.41) is 0. The van der Waals surface area contributed by atoms with E-state index >= 15 is 0 Å². The van der Waals surface area contributed by atoms with Crippen LogP contribution in [-0.4, -0.2) is 18.0 Å². The average molecular weight is 346 g/mol. The van der Waals surface area contributed by atoms with E-state index in [2.05, 4.69) is 34.7 Å². The number of halogens is 3. The molecule has 2 rings (SSSR count). The summed E-state index contributed by atoms with van der Waals surface area (Å²) in [6, 6.07) is 2.75. The van der Waals surface area contributed by atoms with Gasteiger partial charge in [0.15, 0.2) is 0 Å². The molecule has 0 N–H and O–H groups in total. The standard InChI is InChI=1S/C16H22BrF2N/c1-11(2)12-4-3-8-20(9-7-12)10-13-15(18)6-5-14(17)16(13)19/h5-6,11-12H,3-4,7-10H2,1-2H3. The summed E-state index contributed by atoms with van der Waals surface area (Å²) in [6.45, 7) is 6.73. The van der Waals surface area contributed by atoms with Crippen molar-refractivity contribution in [2.45, 2.75) is 39.7 Å². The number of rotatable bonds is 3. The fourth-order valence-corrected chi connectivity index (χ4v) is 3.32. The molecule has 1 nitrogen and oxygen atoms in total. The van der Waals surface area contributed by atoms with Crippen LogP contribution in [0.3, 0.4) is 0 Å². The number of likely N-dealkylation sites (tertiary alicyclic amines) is 1. The molecule has 0 radical (unpaired) electrons. The van der Waals surface area contributed by atoms with Crippen molar-refractivity contribution in [2.75, 3.05) is 13.1 Å². The number of nitrogens with zero attached hydrogens (tertiary/aromatic N) is 1. The molecule has 112 valence electrons. The smallest absolute Gasteiger partial charge is 0.144 e. The van der Waals surface area contributed by atoms with Gasteiger partial charge in [-0.3, -0.25) is 4.90 Å². The lowest BCUT2D eigenvalue weighted by molar-refractivity contribution is 0.257. The van der Waals surface area contributed by atoms with Crippen molar-refractivity contribution in [1.29, 1.82) is 0 Å². The molecule has 1 aromatic carbocycles. The van der Waals surface area contributed by atoms with Gasteiger partial charge in [-0.25, -0.2) is 8.78 Å². The van der Waals surface area contributed by atoms with Crippen molar-refractivity contribution in [3.8, 4) is 0 Å². The third-order valence-corrected chi connectivity index (χ3v) is 4.94. The Hall–Kier alpha value is -0.480. The van der Waals surface area contributed by atoms with Gasteiger partial charge in [0.2, 0.25) is 0 Å². The van der Waals surface area contributed by atoms with Gasteiger partial charge in [0, 0.05) is 12.1 Å². The van der Waals surface area contributed by atoms with E-state index in [-0.39, 0.29) is 5.56 Å². The third kappa shape index (κ3) is 3.79. The van der Waals surface area contributed by atoms with Gasteiger partial charge in [0.05, 0.1) is 4.47 Å². The Morgan fingerprint density at radius 3 is 2.70 bits per heavy atom. The lowest BCUT2D eigenvalue weighted by Gasteiger charge is -2.22. The van der Waals surface area contributed by atoms with Crippen LogP contribution in [0.5, 0.6) is 0 Å². The van der Waals surface area contributed by atoms with Crippen LogP contribution < -0.4 is 0 Å². The topological polar surface area (TPSA) is 3.24 Å². The Morgan fingerprint density at radius 1 is 1.25 bits per heavy atom. The lowest BCUT2D eigenvalue weighted by atomic mass is 9.89. The van der Waals surface area contributed by atoms with E-state index in [1.54, 1.807) is 0 Å². The van der Waals surface area contributed by atoms with E-state index in [1.807, 2.05) is 0 Å². The Morgan fingerprint density at radius 2 is 2.00 bits per heavy atom. The molecule has 0 aliphatic carbocycles. The number of hydrogen-bond acceptors (Lipinski definition) is 1. The number of benzene rings is 1. The summed E-state index contributed by atoms with van der Waals surface area (Å²) in [5.74, 6) is 0.511. The average Bonchev–Trinajstić information content (AvgIpc) is 2.65. The fraction of sp³-hybridized carbons (Fsp3) is 0.625. The van der Waals surface area contributed by atoms with Crippen LogP contribution in [0.25, 0.3) is 0 Å². The highest BCUT2D eigenvalue weighted by Crippen LogP contribution is 2.27. The molecule has 1 aromatic rings. The molecule has 0 aromatic heterocycles. The first-order chi connectivity index (χ1) is 9.49. The van der Waals surface area contributed by atoms with Crippen molar-refractivity contribution >= 4 is 15.9 Å². The molecule has 1 atom stereocenters. The van der Waals surface area contributed by atoms with Crippen molar-refractivity contribution in [1.82, 2.24) is 4.90 Å². The molecule has 1 unspecified atom stereocenters. The van der Waals surface area contributed by atoms with Crippen molar-refractivity contribution < 1.29 is 8.78 Å². The molecule has 0 amide bonds. The first-order valence-corrected chi connectivity index (χ1v) is 8.13. The van der Waals surface area contributed by atoms with E-state index in [9.17, 15) is 8.78 Å². The molecule has 1 saturated heterocycles. The minimum atomic E-state index is -0.463. The quantitative estimate of drug-likeness (QED) is 0.698. The predicted octanol–water partition coefficient (Wildman–Crippen LogP) is 4.99. The van der Waals surface area contributed by atoms with Crippen LogP contribution in [0.15, 0.2) is 16.6 Å². The third-order valence-electron chi connectivity index (χ3n) is 4.33. The van der Waals surface area contributed by atoms with E-state index in [4.69, 9.17) is 0 Å². The maximum Gasteiger partial charge on any atom is 0.144 e. The van der Waals surface area contributed by atoms with Gasteiger partial charge in [0.1, 0.15) is 11.6 Å². The molecule has 1 aliphatic rings. The first-order valence-electron chi connectivity index (χ1n) is 7.33. The van der Waals surface area contributed by atoms with Crippen molar-refractivity contribution in [3.05, 3.63) is 33.8 Å². The van der Waals surface area contributed by atoms with Crippen LogP contribution >= 0.6 is 15.9 Å². The minimum absolute atomic E-state index is 0.183. The van der Waals surface area contributed by atoms with E-state index in [0.29, 0.717) is 16.9 Å². The number of hydrogen-bond donors (Lipinski definition) is 0. The van der Waals surface area contributed by atoms with Gasteiger partial charge in [-0.15, -0.1) is 0 Å². The SMILES string of the molecule is CC(C)C1CCCN(Cc2c(F)ccc(Br)c2F)CC1. The van der Waals surface area contributed by atoms with Gasteiger partial charge in [-0.05, 0) is 72.3 Å². The fourth-order valence-electron chi connectivity index (χ4n) is 2.94. The lowest BCUT2D eigenvalue weighted by Crippen LogP contribution is -2.25. The highest BCUT2D eigenvalue weighted by Gasteiger charge is 2.21.